The number of hydrogen-bond donors (Lipinski definition) is 2. The number of aromatic amines is 1. The molecule has 3 heterocycles. The van der Waals surface area contributed by atoms with Crippen LogP contribution >= 0.6 is 23.4 Å². The van der Waals surface area contributed by atoms with E-state index in [1.165, 1.54) is 0 Å². The minimum absolute atomic E-state index is 0.210. The molecule has 0 atom stereocenters. The number of thioether (sulfide) groups is 1. The highest BCUT2D eigenvalue weighted by atomic mass is 35.5. The average molecular weight is 377 g/mol. The summed E-state index contributed by atoms with van der Waals surface area (Å²) in [6, 6.07) is 9.16. The molecule has 0 saturated heterocycles. The third kappa shape index (κ3) is 4.87. The fourth-order valence-corrected chi connectivity index (χ4v) is 3.20. The summed E-state index contributed by atoms with van der Waals surface area (Å²) < 4.78 is 5.51. The monoisotopic (exact) mass is 376 g/mol. The molecule has 0 radical (unpaired) electrons. The number of carbonyl (C=O) groups excluding carboxylic acids is 1. The molecule has 0 spiro atoms. The van der Waals surface area contributed by atoms with Crippen LogP contribution in [0.2, 0.25) is 5.15 Å². The maximum atomic E-state index is 12.1. The molecule has 8 heteroatoms. The zero-order valence-corrected chi connectivity index (χ0v) is 15.2. The van der Waals surface area contributed by atoms with Gasteiger partial charge >= 0.3 is 0 Å². The van der Waals surface area contributed by atoms with Gasteiger partial charge < -0.3 is 9.73 Å². The molecule has 0 bridgehead atoms. The first-order valence-electron chi connectivity index (χ1n) is 7.70. The highest BCUT2D eigenvalue weighted by Gasteiger charge is 2.12. The number of halogens is 1. The largest absolute Gasteiger partial charge is 0.460 e. The molecule has 3 rings (SSSR count). The lowest BCUT2D eigenvalue weighted by atomic mass is 10.3. The van der Waals surface area contributed by atoms with Crippen molar-refractivity contribution in [1.29, 1.82) is 0 Å². The van der Waals surface area contributed by atoms with Crippen LogP contribution < -0.4 is 5.32 Å². The van der Waals surface area contributed by atoms with Gasteiger partial charge in [0.25, 0.3) is 5.91 Å². The first-order chi connectivity index (χ1) is 12.1. The highest BCUT2D eigenvalue weighted by molar-refractivity contribution is 7.98. The Morgan fingerprint density at radius 1 is 1.36 bits per heavy atom. The first-order valence-corrected chi connectivity index (χ1v) is 9.23. The van der Waals surface area contributed by atoms with Crippen LogP contribution in [-0.4, -0.2) is 33.4 Å². The Morgan fingerprint density at radius 2 is 2.24 bits per heavy atom. The van der Waals surface area contributed by atoms with Crippen molar-refractivity contribution >= 4 is 29.3 Å². The van der Waals surface area contributed by atoms with Crippen molar-refractivity contribution in [3.63, 3.8) is 0 Å². The van der Waals surface area contributed by atoms with Crippen LogP contribution in [0.1, 0.15) is 21.8 Å². The Morgan fingerprint density at radius 3 is 3.00 bits per heavy atom. The predicted octanol–water partition coefficient (Wildman–Crippen LogP) is 3.69. The summed E-state index contributed by atoms with van der Waals surface area (Å²) in [5.41, 5.74) is 2.14. The normalized spacial score (nSPS) is 10.8. The number of nitrogens with one attached hydrogen (secondary N) is 2. The van der Waals surface area contributed by atoms with Crippen molar-refractivity contribution in [1.82, 2.24) is 20.5 Å². The third-order valence-corrected chi connectivity index (χ3v) is 4.64. The number of nitrogens with zero attached hydrogens (tertiary/aromatic N) is 2. The highest BCUT2D eigenvalue weighted by Crippen LogP contribution is 2.20. The van der Waals surface area contributed by atoms with E-state index in [2.05, 4.69) is 20.5 Å². The lowest BCUT2D eigenvalue weighted by molar-refractivity contribution is 0.0951. The smallest absolute Gasteiger partial charge is 0.271 e. The minimum atomic E-state index is -0.210. The Hall–Kier alpha value is -2.25. The van der Waals surface area contributed by atoms with E-state index in [1.807, 2.05) is 31.2 Å². The molecule has 0 unspecified atom stereocenters. The number of hydrogen-bond acceptors (Lipinski definition) is 5. The fraction of sp³-hybridized carbons (Fsp3) is 0.235. The van der Waals surface area contributed by atoms with Crippen LogP contribution in [0.4, 0.5) is 0 Å². The van der Waals surface area contributed by atoms with Gasteiger partial charge in [-0.15, -0.1) is 0 Å². The van der Waals surface area contributed by atoms with E-state index in [0.717, 1.165) is 22.8 Å². The Labute approximate surface area is 154 Å². The Balaban J connectivity index is 1.43. The van der Waals surface area contributed by atoms with E-state index in [9.17, 15) is 4.79 Å². The molecule has 2 N–H and O–H groups in total. The second-order valence-electron chi connectivity index (χ2n) is 5.37. The molecular weight excluding hydrogens is 360 g/mol. The van der Waals surface area contributed by atoms with Gasteiger partial charge in [0.05, 0.1) is 0 Å². The number of pyridine rings is 1. The van der Waals surface area contributed by atoms with Gasteiger partial charge in [-0.1, -0.05) is 11.6 Å². The SMILES string of the molecule is Cc1ccc(-c2cc(C(=O)NCCSCc3ccnc(Cl)c3)n[nH]2)o1. The molecule has 0 aliphatic carbocycles. The number of H-pyrrole nitrogens is 1. The van der Waals surface area contributed by atoms with Crippen molar-refractivity contribution < 1.29 is 9.21 Å². The zero-order valence-electron chi connectivity index (χ0n) is 13.6. The van der Waals surface area contributed by atoms with Crippen LogP contribution in [0.3, 0.4) is 0 Å². The van der Waals surface area contributed by atoms with Crippen LogP contribution in [0.25, 0.3) is 11.5 Å². The molecule has 130 valence electrons. The molecule has 6 nitrogen and oxygen atoms in total. The summed E-state index contributed by atoms with van der Waals surface area (Å²) in [5.74, 6) is 2.88. The van der Waals surface area contributed by atoms with Crippen molar-refractivity contribution in [2.24, 2.45) is 0 Å². The van der Waals surface area contributed by atoms with E-state index >= 15 is 0 Å². The van der Waals surface area contributed by atoms with Gasteiger partial charge in [-0.05, 0) is 36.8 Å². The second-order valence-corrected chi connectivity index (χ2v) is 6.86. The Kier molecular flexibility index (Phi) is 5.78. The van der Waals surface area contributed by atoms with Crippen molar-refractivity contribution in [2.75, 3.05) is 12.3 Å². The molecule has 0 aliphatic rings. The molecular formula is C17H17ClN4O2S. The van der Waals surface area contributed by atoms with E-state index in [4.69, 9.17) is 16.0 Å². The van der Waals surface area contributed by atoms with Gasteiger partial charge in [-0.25, -0.2) is 4.98 Å². The van der Waals surface area contributed by atoms with Crippen LogP contribution in [0.5, 0.6) is 0 Å². The van der Waals surface area contributed by atoms with E-state index in [1.54, 1.807) is 24.0 Å². The number of furan rings is 1. The third-order valence-electron chi connectivity index (χ3n) is 3.41. The van der Waals surface area contributed by atoms with Gasteiger partial charge in [0.1, 0.15) is 16.6 Å². The molecule has 0 aromatic carbocycles. The summed E-state index contributed by atoms with van der Waals surface area (Å²) in [6.45, 7) is 2.43. The minimum Gasteiger partial charge on any atom is -0.460 e. The lowest BCUT2D eigenvalue weighted by Crippen LogP contribution is -2.26. The predicted molar refractivity (Wildman–Crippen MR) is 98.8 cm³/mol. The van der Waals surface area contributed by atoms with Gasteiger partial charge in [0.2, 0.25) is 0 Å². The van der Waals surface area contributed by atoms with Crippen molar-refractivity contribution in [3.05, 3.63) is 58.7 Å². The van der Waals surface area contributed by atoms with Gasteiger partial charge in [-0.3, -0.25) is 9.89 Å². The Bertz CT molecular complexity index is 862. The second kappa shape index (κ2) is 8.22. The number of aromatic nitrogens is 3. The van der Waals surface area contributed by atoms with E-state index < -0.39 is 0 Å². The molecule has 1 amide bonds. The summed E-state index contributed by atoms with van der Waals surface area (Å²) in [5, 5.41) is 10.2. The number of carbonyl (C=O) groups is 1. The fourth-order valence-electron chi connectivity index (χ4n) is 2.19. The zero-order chi connectivity index (χ0) is 17.6. The molecule has 25 heavy (non-hydrogen) atoms. The average Bonchev–Trinajstić information content (AvgIpc) is 3.23. The molecule has 3 aromatic heterocycles. The maximum Gasteiger partial charge on any atom is 0.271 e. The van der Waals surface area contributed by atoms with E-state index in [0.29, 0.717) is 28.8 Å². The van der Waals surface area contributed by atoms with E-state index in [-0.39, 0.29) is 5.91 Å². The molecule has 3 aromatic rings. The first kappa shape index (κ1) is 17.6. The van der Waals surface area contributed by atoms with Crippen LogP contribution in [0, 0.1) is 6.92 Å². The lowest BCUT2D eigenvalue weighted by Gasteiger charge is -2.04. The van der Waals surface area contributed by atoms with Gasteiger partial charge in [-0.2, -0.15) is 16.9 Å². The molecule has 0 fully saturated rings. The summed E-state index contributed by atoms with van der Waals surface area (Å²) in [4.78, 5) is 16.1. The van der Waals surface area contributed by atoms with Gasteiger partial charge in [0.15, 0.2) is 11.5 Å². The van der Waals surface area contributed by atoms with Crippen LogP contribution in [0.15, 0.2) is 40.9 Å². The molecule has 0 aliphatic heterocycles. The number of rotatable bonds is 7. The topological polar surface area (TPSA) is 83.8 Å². The number of aryl methyl sites for hydroxylation is 1. The van der Waals surface area contributed by atoms with Crippen LogP contribution in [-0.2, 0) is 5.75 Å². The summed E-state index contributed by atoms with van der Waals surface area (Å²) >= 11 is 7.56. The summed E-state index contributed by atoms with van der Waals surface area (Å²) in [7, 11) is 0. The number of amides is 1. The van der Waals surface area contributed by atoms with Crippen molar-refractivity contribution in [3.8, 4) is 11.5 Å². The molecule has 0 saturated carbocycles. The van der Waals surface area contributed by atoms with Gasteiger partial charge in [0, 0.05) is 30.3 Å². The summed E-state index contributed by atoms with van der Waals surface area (Å²) in [6.07, 6.45) is 1.69. The standard InChI is InChI=1S/C17H17ClN4O2S/c1-11-2-3-15(24-11)13-9-14(22-21-13)17(23)20-6-7-25-10-12-4-5-19-16(18)8-12/h2-5,8-9H,6-7,10H2,1H3,(H,20,23)(H,21,22). The van der Waals surface area contributed by atoms with Crippen molar-refractivity contribution in [2.45, 2.75) is 12.7 Å². The maximum absolute atomic E-state index is 12.1. The quantitative estimate of drug-likeness (QED) is 0.485.